The molecule has 1 heterocycles. The summed E-state index contributed by atoms with van der Waals surface area (Å²) < 4.78 is 5.37. The SMILES string of the molecule is CC1Oc2ccc(CN)cc2N(C(=O)C#N)C1=O. The molecule has 0 bridgehead atoms. The number of ether oxygens (including phenoxy) is 1. The molecule has 6 nitrogen and oxygen atoms in total. The molecule has 2 N–H and O–H groups in total. The number of nitrogens with zero attached hydrogens (tertiary/aromatic N) is 2. The van der Waals surface area contributed by atoms with Gasteiger partial charge in [-0.15, -0.1) is 0 Å². The second-order valence-electron chi connectivity index (χ2n) is 3.86. The predicted molar refractivity (Wildman–Crippen MR) is 62.5 cm³/mol. The van der Waals surface area contributed by atoms with Crippen molar-refractivity contribution in [3.63, 3.8) is 0 Å². The van der Waals surface area contributed by atoms with Crippen molar-refractivity contribution in [2.75, 3.05) is 4.90 Å². The van der Waals surface area contributed by atoms with Crippen molar-refractivity contribution >= 4 is 17.5 Å². The van der Waals surface area contributed by atoms with Gasteiger partial charge in [-0.2, -0.15) is 5.26 Å². The first-order valence-electron chi connectivity index (χ1n) is 5.36. The molecule has 1 aromatic carbocycles. The Morgan fingerprint density at radius 1 is 1.61 bits per heavy atom. The number of hydrogen-bond donors (Lipinski definition) is 1. The third kappa shape index (κ3) is 1.81. The van der Waals surface area contributed by atoms with Gasteiger partial charge in [-0.3, -0.25) is 9.59 Å². The molecule has 92 valence electrons. The molecule has 18 heavy (non-hydrogen) atoms. The van der Waals surface area contributed by atoms with Crippen molar-refractivity contribution in [1.82, 2.24) is 0 Å². The Balaban J connectivity index is 2.57. The van der Waals surface area contributed by atoms with E-state index >= 15 is 0 Å². The van der Waals surface area contributed by atoms with E-state index in [1.165, 1.54) is 13.0 Å². The van der Waals surface area contributed by atoms with Crippen LogP contribution >= 0.6 is 0 Å². The fourth-order valence-electron chi connectivity index (χ4n) is 1.77. The van der Waals surface area contributed by atoms with Gasteiger partial charge in [0.1, 0.15) is 5.75 Å². The first kappa shape index (κ1) is 12.1. The van der Waals surface area contributed by atoms with Crippen LogP contribution in [0.3, 0.4) is 0 Å². The molecule has 2 amide bonds. The number of hydrogen-bond acceptors (Lipinski definition) is 5. The number of nitrogens with two attached hydrogens (primary N) is 1. The molecule has 0 fully saturated rings. The standard InChI is InChI=1S/C12H11N3O3/c1-7-12(17)15(11(16)6-14)9-4-8(5-13)2-3-10(9)18-7/h2-4,7H,5,13H2,1H3. The number of anilines is 1. The van der Waals surface area contributed by atoms with E-state index in [0.717, 1.165) is 10.5 Å². The topological polar surface area (TPSA) is 96.4 Å². The number of imide groups is 1. The summed E-state index contributed by atoms with van der Waals surface area (Å²) in [6.07, 6.45) is -0.793. The molecule has 6 heteroatoms. The first-order chi connectivity index (χ1) is 8.58. The van der Waals surface area contributed by atoms with Crippen LogP contribution in [0.25, 0.3) is 0 Å². The average molecular weight is 245 g/mol. The molecule has 1 unspecified atom stereocenters. The minimum atomic E-state index is -0.925. The fraction of sp³-hybridized carbons (Fsp3) is 0.250. The molecule has 1 aliphatic rings. The van der Waals surface area contributed by atoms with E-state index in [4.69, 9.17) is 15.7 Å². The van der Waals surface area contributed by atoms with E-state index in [1.54, 1.807) is 18.2 Å². The average Bonchev–Trinajstić information content (AvgIpc) is 2.39. The number of carbonyl (C=O) groups is 2. The maximum absolute atomic E-state index is 11.9. The van der Waals surface area contributed by atoms with Crippen LogP contribution in [0.4, 0.5) is 5.69 Å². The zero-order chi connectivity index (χ0) is 13.3. The Morgan fingerprint density at radius 3 is 2.94 bits per heavy atom. The fourth-order valence-corrected chi connectivity index (χ4v) is 1.77. The maximum Gasteiger partial charge on any atom is 0.336 e. The minimum absolute atomic E-state index is 0.269. The van der Waals surface area contributed by atoms with Crippen LogP contribution in [0.2, 0.25) is 0 Å². The summed E-state index contributed by atoms with van der Waals surface area (Å²) in [5, 5.41) is 8.68. The second-order valence-corrected chi connectivity index (χ2v) is 3.86. The van der Waals surface area contributed by atoms with Crippen molar-refractivity contribution in [1.29, 1.82) is 5.26 Å². The minimum Gasteiger partial charge on any atom is -0.479 e. The smallest absolute Gasteiger partial charge is 0.336 e. The number of rotatable bonds is 1. The predicted octanol–water partition coefficient (Wildman–Crippen LogP) is 0.309. The third-order valence-electron chi connectivity index (χ3n) is 2.67. The van der Waals surface area contributed by atoms with Crippen molar-refractivity contribution in [2.24, 2.45) is 5.73 Å². The van der Waals surface area contributed by atoms with Gasteiger partial charge in [-0.05, 0) is 24.6 Å². The summed E-state index contributed by atoms with van der Waals surface area (Å²) in [5.41, 5.74) is 6.52. The first-order valence-corrected chi connectivity index (χ1v) is 5.36. The van der Waals surface area contributed by atoms with Crippen molar-refractivity contribution in [3.05, 3.63) is 23.8 Å². The summed E-state index contributed by atoms with van der Waals surface area (Å²) in [6, 6.07) is 6.40. The molecule has 0 spiro atoms. The number of carbonyl (C=O) groups excluding carboxylic acids is 2. The highest BCUT2D eigenvalue weighted by Crippen LogP contribution is 2.34. The van der Waals surface area contributed by atoms with Crippen molar-refractivity contribution in [3.8, 4) is 11.8 Å². The van der Waals surface area contributed by atoms with E-state index in [1.807, 2.05) is 0 Å². The van der Waals surface area contributed by atoms with Crippen LogP contribution in [-0.4, -0.2) is 17.9 Å². The van der Waals surface area contributed by atoms with Gasteiger partial charge in [0.05, 0.1) is 5.69 Å². The van der Waals surface area contributed by atoms with Crippen LogP contribution in [0.5, 0.6) is 5.75 Å². The zero-order valence-electron chi connectivity index (χ0n) is 9.71. The van der Waals surface area contributed by atoms with Gasteiger partial charge in [0.25, 0.3) is 5.91 Å². The van der Waals surface area contributed by atoms with Gasteiger partial charge in [0.2, 0.25) is 0 Å². The van der Waals surface area contributed by atoms with Gasteiger partial charge in [0, 0.05) is 6.54 Å². The largest absolute Gasteiger partial charge is 0.479 e. The summed E-state index contributed by atoms with van der Waals surface area (Å²) in [6.45, 7) is 1.80. The Labute approximate surface area is 104 Å². The highest BCUT2D eigenvalue weighted by atomic mass is 16.5. The molecular formula is C12H11N3O3. The molecule has 0 aliphatic carbocycles. The van der Waals surface area contributed by atoms with Crippen LogP contribution < -0.4 is 15.4 Å². The summed E-state index contributed by atoms with van der Waals surface area (Å²) in [7, 11) is 0. The Kier molecular flexibility index (Phi) is 3.00. The van der Waals surface area contributed by atoms with E-state index in [2.05, 4.69) is 0 Å². The van der Waals surface area contributed by atoms with Crippen molar-refractivity contribution < 1.29 is 14.3 Å². The molecular weight excluding hydrogens is 234 g/mol. The molecule has 0 radical (unpaired) electrons. The monoisotopic (exact) mass is 245 g/mol. The van der Waals surface area contributed by atoms with Crippen molar-refractivity contribution in [2.45, 2.75) is 19.6 Å². The van der Waals surface area contributed by atoms with E-state index in [-0.39, 0.29) is 12.2 Å². The van der Waals surface area contributed by atoms with Crippen LogP contribution in [0.1, 0.15) is 12.5 Å². The van der Waals surface area contributed by atoms with Gasteiger partial charge in [-0.1, -0.05) is 6.07 Å². The lowest BCUT2D eigenvalue weighted by Crippen LogP contribution is -2.47. The molecule has 0 aromatic heterocycles. The van der Waals surface area contributed by atoms with Crippen LogP contribution in [0.15, 0.2) is 18.2 Å². The number of nitriles is 1. The van der Waals surface area contributed by atoms with E-state index in [9.17, 15) is 9.59 Å². The Morgan fingerprint density at radius 2 is 2.33 bits per heavy atom. The lowest BCUT2D eigenvalue weighted by atomic mass is 10.1. The zero-order valence-corrected chi connectivity index (χ0v) is 9.71. The highest BCUT2D eigenvalue weighted by Gasteiger charge is 2.35. The number of benzene rings is 1. The highest BCUT2D eigenvalue weighted by molar-refractivity contribution is 6.23. The summed E-state index contributed by atoms with van der Waals surface area (Å²) >= 11 is 0. The third-order valence-corrected chi connectivity index (χ3v) is 2.67. The molecule has 0 saturated heterocycles. The second kappa shape index (κ2) is 4.47. The van der Waals surface area contributed by atoms with Gasteiger partial charge in [0.15, 0.2) is 12.2 Å². The van der Waals surface area contributed by atoms with Gasteiger partial charge < -0.3 is 10.5 Å². The summed E-state index contributed by atoms with van der Waals surface area (Å²) in [5.74, 6) is -1.09. The lowest BCUT2D eigenvalue weighted by Gasteiger charge is -2.30. The Bertz CT molecular complexity index is 562. The quantitative estimate of drug-likeness (QED) is 0.718. The maximum atomic E-state index is 11.9. The molecule has 1 atom stereocenters. The van der Waals surface area contributed by atoms with Crippen LogP contribution in [-0.2, 0) is 16.1 Å². The molecule has 1 aliphatic heterocycles. The number of amides is 2. The van der Waals surface area contributed by atoms with Gasteiger partial charge in [-0.25, -0.2) is 4.90 Å². The van der Waals surface area contributed by atoms with Gasteiger partial charge >= 0.3 is 5.91 Å². The summed E-state index contributed by atoms with van der Waals surface area (Å²) in [4.78, 5) is 24.3. The lowest BCUT2D eigenvalue weighted by molar-refractivity contribution is -0.129. The molecule has 2 rings (SSSR count). The Hall–Kier alpha value is -2.39. The van der Waals surface area contributed by atoms with E-state index in [0.29, 0.717) is 5.75 Å². The van der Waals surface area contributed by atoms with Crippen LogP contribution in [0, 0.1) is 11.3 Å². The number of fused-ring (bicyclic) bond motifs is 1. The normalized spacial score (nSPS) is 17.7. The molecule has 0 saturated carbocycles. The molecule has 1 aromatic rings. The van der Waals surface area contributed by atoms with E-state index < -0.39 is 17.9 Å².